The molecule has 0 radical (unpaired) electrons. The van der Waals surface area contributed by atoms with Crippen LogP contribution in [0.2, 0.25) is 0 Å². The standard InChI is InChI=1S/C13H14.C11H8/c1-3-11-9-13-7-5-4-6-12(13)8-10(11)2;1-2-4-9-6-11-7-10(11)5-8(9)3-1/h4-9H,3H2,1-2H3;1-6H,7H2. The highest BCUT2D eigenvalue weighted by Crippen LogP contribution is 2.32. The second-order valence-electron chi connectivity index (χ2n) is 6.62. The lowest BCUT2D eigenvalue weighted by Gasteiger charge is -2.05. The van der Waals surface area contributed by atoms with Crippen LogP contribution in [-0.4, -0.2) is 0 Å². The molecule has 0 atom stereocenters. The van der Waals surface area contributed by atoms with E-state index in [0.29, 0.717) is 0 Å². The van der Waals surface area contributed by atoms with Crippen molar-refractivity contribution < 1.29 is 0 Å². The Hall–Kier alpha value is -2.60. The normalized spacial score (nSPS) is 11.8. The summed E-state index contributed by atoms with van der Waals surface area (Å²) in [6.07, 6.45) is 2.34. The van der Waals surface area contributed by atoms with Gasteiger partial charge in [-0.1, -0.05) is 79.7 Å². The maximum Gasteiger partial charge on any atom is -0.00196 e. The number of fused-ring (bicyclic) bond motifs is 3. The average Bonchev–Trinajstić information content (AvgIpc) is 3.37. The van der Waals surface area contributed by atoms with Gasteiger partial charge < -0.3 is 0 Å². The largest absolute Gasteiger partial charge is 0.0616 e. The van der Waals surface area contributed by atoms with Crippen LogP contribution < -0.4 is 0 Å². The van der Waals surface area contributed by atoms with Gasteiger partial charge in [0.1, 0.15) is 0 Å². The zero-order chi connectivity index (χ0) is 16.5. The molecule has 0 fully saturated rings. The first-order chi connectivity index (χ1) is 11.7. The molecule has 0 aliphatic heterocycles. The van der Waals surface area contributed by atoms with Crippen LogP contribution in [0, 0.1) is 6.92 Å². The predicted octanol–water partition coefficient (Wildman–Crippen LogP) is 6.45. The fraction of sp³-hybridized carbons (Fsp3) is 0.167. The van der Waals surface area contributed by atoms with Gasteiger partial charge in [0.05, 0.1) is 0 Å². The van der Waals surface area contributed by atoms with Crippen LogP contribution in [0.5, 0.6) is 0 Å². The van der Waals surface area contributed by atoms with Crippen molar-refractivity contribution in [3.8, 4) is 0 Å². The quantitative estimate of drug-likeness (QED) is 0.333. The van der Waals surface area contributed by atoms with Crippen molar-refractivity contribution in [2.45, 2.75) is 26.7 Å². The molecule has 0 nitrogen and oxygen atoms in total. The van der Waals surface area contributed by atoms with Gasteiger partial charge in [-0.05, 0) is 63.6 Å². The molecule has 0 aromatic heterocycles. The Morgan fingerprint density at radius 3 is 1.62 bits per heavy atom. The summed E-state index contributed by atoms with van der Waals surface area (Å²) < 4.78 is 0. The molecule has 118 valence electrons. The van der Waals surface area contributed by atoms with Crippen molar-refractivity contribution in [3.63, 3.8) is 0 Å². The van der Waals surface area contributed by atoms with Crippen molar-refractivity contribution in [1.29, 1.82) is 0 Å². The molecule has 24 heavy (non-hydrogen) atoms. The third-order valence-corrected chi connectivity index (χ3v) is 4.91. The SMILES string of the molecule is CCc1cc2ccccc2cc1C.c1ccc2cc3c(cc2c1)C3. The van der Waals surface area contributed by atoms with E-state index in [2.05, 4.69) is 86.6 Å². The zero-order valence-electron chi connectivity index (χ0n) is 14.3. The summed E-state index contributed by atoms with van der Waals surface area (Å²) in [4.78, 5) is 0. The Morgan fingerprint density at radius 1 is 0.667 bits per heavy atom. The molecule has 5 rings (SSSR count). The smallest absolute Gasteiger partial charge is 0.00196 e. The van der Waals surface area contributed by atoms with Crippen LogP contribution in [0.25, 0.3) is 21.5 Å². The van der Waals surface area contributed by atoms with E-state index in [0.717, 1.165) is 6.42 Å². The lowest BCUT2D eigenvalue weighted by atomic mass is 10.0. The Bertz CT molecular complexity index is 984. The van der Waals surface area contributed by atoms with Crippen molar-refractivity contribution in [1.82, 2.24) is 0 Å². The minimum Gasteiger partial charge on any atom is -0.0616 e. The predicted molar refractivity (Wildman–Crippen MR) is 105 cm³/mol. The fourth-order valence-corrected chi connectivity index (χ4v) is 3.38. The lowest BCUT2D eigenvalue weighted by Crippen LogP contribution is -1.86. The van der Waals surface area contributed by atoms with Crippen LogP contribution in [0.15, 0.2) is 72.8 Å². The summed E-state index contributed by atoms with van der Waals surface area (Å²) in [5.74, 6) is 0. The summed E-state index contributed by atoms with van der Waals surface area (Å²) >= 11 is 0. The molecule has 0 spiro atoms. The molecule has 1 aliphatic carbocycles. The molecule has 4 aromatic carbocycles. The lowest BCUT2D eigenvalue weighted by molar-refractivity contribution is 1.12. The van der Waals surface area contributed by atoms with Crippen LogP contribution in [0.1, 0.15) is 29.2 Å². The van der Waals surface area contributed by atoms with Gasteiger partial charge in [0.25, 0.3) is 0 Å². The molecular weight excluding hydrogens is 288 g/mol. The van der Waals surface area contributed by atoms with E-state index >= 15 is 0 Å². The first-order valence-electron chi connectivity index (χ1n) is 8.73. The highest BCUT2D eigenvalue weighted by atomic mass is 14.2. The minimum atomic E-state index is 1.12. The third-order valence-electron chi connectivity index (χ3n) is 4.91. The van der Waals surface area contributed by atoms with Gasteiger partial charge in [-0.25, -0.2) is 0 Å². The van der Waals surface area contributed by atoms with Crippen molar-refractivity contribution in [2.75, 3.05) is 0 Å². The monoisotopic (exact) mass is 310 g/mol. The van der Waals surface area contributed by atoms with E-state index in [4.69, 9.17) is 0 Å². The molecule has 4 aromatic rings. The molecule has 0 saturated carbocycles. The summed E-state index contributed by atoms with van der Waals surface area (Å²) in [7, 11) is 0. The summed E-state index contributed by atoms with van der Waals surface area (Å²) in [6.45, 7) is 4.39. The molecule has 0 heteroatoms. The maximum absolute atomic E-state index is 2.30. The van der Waals surface area contributed by atoms with Gasteiger partial charge in [0.2, 0.25) is 0 Å². The first kappa shape index (κ1) is 15.0. The first-order valence-corrected chi connectivity index (χ1v) is 8.73. The number of hydrogen-bond acceptors (Lipinski definition) is 0. The number of aryl methyl sites for hydroxylation is 2. The number of rotatable bonds is 1. The van der Waals surface area contributed by atoms with Gasteiger partial charge in [-0.2, -0.15) is 0 Å². The molecule has 1 aliphatic rings. The molecule has 0 N–H and O–H groups in total. The molecule has 0 heterocycles. The van der Waals surface area contributed by atoms with Crippen LogP contribution in [0.3, 0.4) is 0 Å². The van der Waals surface area contributed by atoms with Crippen LogP contribution >= 0.6 is 0 Å². The minimum absolute atomic E-state index is 1.12. The van der Waals surface area contributed by atoms with Gasteiger partial charge in [-0.15, -0.1) is 0 Å². The zero-order valence-corrected chi connectivity index (χ0v) is 14.3. The Labute approximate surface area is 143 Å². The Morgan fingerprint density at radius 2 is 1.12 bits per heavy atom. The fourth-order valence-electron chi connectivity index (χ4n) is 3.38. The maximum atomic E-state index is 2.30. The van der Waals surface area contributed by atoms with E-state index in [-0.39, 0.29) is 0 Å². The molecular formula is C24H22. The topological polar surface area (TPSA) is 0 Å². The second kappa shape index (κ2) is 6.13. The van der Waals surface area contributed by atoms with Gasteiger partial charge in [0.15, 0.2) is 0 Å². The highest BCUT2D eigenvalue weighted by molar-refractivity contribution is 5.86. The van der Waals surface area contributed by atoms with Crippen LogP contribution in [-0.2, 0) is 12.8 Å². The van der Waals surface area contributed by atoms with Crippen molar-refractivity contribution in [2.24, 2.45) is 0 Å². The Kier molecular flexibility index (Phi) is 3.82. The molecule has 0 saturated heterocycles. The summed E-state index contributed by atoms with van der Waals surface area (Å²) in [5.41, 5.74) is 5.92. The summed E-state index contributed by atoms with van der Waals surface area (Å²) in [5, 5.41) is 5.45. The Balaban J connectivity index is 0.000000123. The summed E-state index contributed by atoms with van der Waals surface area (Å²) in [6, 6.07) is 26.2. The molecule has 0 bridgehead atoms. The van der Waals surface area contributed by atoms with E-state index in [9.17, 15) is 0 Å². The third kappa shape index (κ3) is 2.92. The molecule has 0 amide bonds. The van der Waals surface area contributed by atoms with E-state index in [1.807, 2.05) is 0 Å². The van der Waals surface area contributed by atoms with Gasteiger partial charge in [-0.3, -0.25) is 0 Å². The van der Waals surface area contributed by atoms with E-state index < -0.39 is 0 Å². The highest BCUT2D eigenvalue weighted by Gasteiger charge is 2.15. The van der Waals surface area contributed by atoms with Crippen LogP contribution in [0.4, 0.5) is 0 Å². The van der Waals surface area contributed by atoms with Crippen molar-refractivity contribution >= 4 is 21.5 Å². The van der Waals surface area contributed by atoms with Gasteiger partial charge >= 0.3 is 0 Å². The average molecular weight is 310 g/mol. The second-order valence-corrected chi connectivity index (χ2v) is 6.62. The van der Waals surface area contributed by atoms with Crippen molar-refractivity contribution in [3.05, 3.63) is 95.1 Å². The van der Waals surface area contributed by atoms with Gasteiger partial charge in [0, 0.05) is 0 Å². The number of benzene rings is 4. The van der Waals surface area contributed by atoms with E-state index in [1.54, 1.807) is 0 Å². The van der Waals surface area contributed by atoms with E-state index in [1.165, 1.54) is 50.2 Å². The number of hydrogen-bond donors (Lipinski definition) is 0. The molecule has 0 unspecified atom stereocenters.